The second-order valence-electron chi connectivity index (χ2n) is 19.2. The highest BCUT2D eigenvalue weighted by atomic mass is 79.9. The molecule has 6 N–H and O–H groups in total. The highest BCUT2D eigenvalue weighted by Crippen LogP contribution is 2.30. The van der Waals surface area contributed by atoms with Crippen LogP contribution in [0.25, 0.3) is 0 Å². The molecular formula is C61H64BrClN18O12. The number of aliphatic hydroxyl groups is 1. The number of aromatic carboxylic acids is 1. The standard InChI is InChI=1S/C20H20N6O3.C11H11N3O2.C10H9N3O2.C9H11N3O3.C7H7Br.C4H5N3O2.ClH/c1-13-16(20(28)25(2)18-15(29-13)9-6-10-21-18)23-19(27)17-22-12-26(24-17)11-14-7-4-3-5-8-14;1-16-11(15)10-12-8-14(13-10)7-9-5-3-2-4-6-9;14-10(15)9-11-7-13(12-9)6-8-4-2-1-3-5-8;1-12-7-5(3-2-4-11-7)15-9(14)6(10)8(12)13;8-6-7-4-2-1-3-5-7;1-9-4(8)3-5-2-6-7-3;/h3-10,12-13,16H,11H2,1-2H3,(H,23,27);2-6,8H,7H2,1H3;1-5,7H,6H2,(H,14,15);2-4,6,9,14H,10H2,1H3;1-5H,6H2;2H,1H3,(H,5,6,7);1H/t13-,16+;;;6-,9+;;;/m1..1.../s1. The van der Waals surface area contributed by atoms with Crippen molar-refractivity contribution in [3.05, 3.63) is 229 Å². The van der Waals surface area contributed by atoms with E-state index in [1.54, 1.807) is 53.8 Å². The smallest absolute Gasteiger partial charge is 0.377 e. The predicted molar refractivity (Wildman–Crippen MR) is 340 cm³/mol. The molecule has 30 nitrogen and oxygen atoms in total. The maximum absolute atomic E-state index is 12.9. The van der Waals surface area contributed by atoms with Crippen LogP contribution in [0.1, 0.15) is 71.7 Å². The number of hydrogen-bond acceptors (Lipinski definition) is 22. The molecule has 0 aliphatic carbocycles. The number of ether oxygens (including phenoxy) is 4. The second kappa shape index (κ2) is 35.9. The zero-order valence-corrected chi connectivity index (χ0v) is 52.9. The molecule has 4 atom stereocenters. The molecule has 484 valence electrons. The van der Waals surface area contributed by atoms with Crippen molar-refractivity contribution in [2.75, 3.05) is 38.1 Å². The van der Waals surface area contributed by atoms with E-state index in [1.165, 1.54) is 72.8 Å². The van der Waals surface area contributed by atoms with Crippen molar-refractivity contribution in [1.82, 2.24) is 74.8 Å². The number of carbonyl (C=O) groups excluding carboxylic acids is 5. The maximum Gasteiger partial charge on any atom is 0.377 e. The van der Waals surface area contributed by atoms with Crippen LogP contribution in [-0.4, -0.2) is 168 Å². The molecule has 6 aromatic heterocycles. The molecule has 32 heteroatoms. The summed E-state index contributed by atoms with van der Waals surface area (Å²) in [6, 6.07) is 44.2. The summed E-state index contributed by atoms with van der Waals surface area (Å²) >= 11 is 3.36. The number of halogens is 2. The molecule has 93 heavy (non-hydrogen) atoms. The fourth-order valence-corrected chi connectivity index (χ4v) is 8.42. The van der Waals surface area contributed by atoms with E-state index in [-0.39, 0.29) is 41.6 Å². The first kappa shape index (κ1) is 70.9. The average molecular weight is 1360 g/mol. The third-order valence-corrected chi connectivity index (χ3v) is 13.3. The number of H-pyrrole nitrogens is 1. The molecule has 0 radical (unpaired) electrons. The van der Waals surface area contributed by atoms with Gasteiger partial charge in [-0.2, -0.15) is 5.10 Å². The van der Waals surface area contributed by atoms with Gasteiger partial charge < -0.3 is 40.2 Å². The molecule has 0 unspecified atom stereocenters. The summed E-state index contributed by atoms with van der Waals surface area (Å²) in [5.41, 5.74) is 10.0. The quantitative estimate of drug-likeness (QED) is 0.0786. The van der Waals surface area contributed by atoms with E-state index < -0.39 is 54.2 Å². The molecule has 0 saturated carbocycles. The minimum Gasteiger partial charge on any atom is -0.484 e. The van der Waals surface area contributed by atoms with E-state index in [0.717, 1.165) is 22.0 Å². The maximum atomic E-state index is 12.9. The largest absolute Gasteiger partial charge is 0.484 e. The molecular weight excluding hydrogens is 1290 g/mol. The van der Waals surface area contributed by atoms with Crippen LogP contribution in [0.2, 0.25) is 0 Å². The van der Waals surface area contributed by atoms with E-state index in [0.29, 0.717) is 42.8 Å². The van der Waals surface area contributed by atoms with Crippen molar-refractivity contribution in [3.63, 3.8) is 0 Å². The van der Waals surface area contributed by atoms with Crippen LogP contribution < -0.4 is 30.3 Å². The SMILES string of the molecule is BrCc1ccccc1.CN1C(=O)[C@@H](N)[C@@H](O)Oc2cccnc21.COC(=O)c1ncn(Cc2ccccc2)n1.COC(=O)c1ncn[nH]1.C[C@H]1Oc2cccnc2N(C)C(=O)[C@H]1NC(=O)c1ncn(Cc2ccccc2)n1.Cl.O=C(O)c1ncn(Cc2ccccc2)n1. The van der Waals surface area contributed by atoms with Crippen LogP contribution in [-0.2, 0) is 44.0 Å². The normalized spacial score (nSPS) is 14.9. The molecule has 10 aromatic rings. The summed E-state index contributed by atoms with van der Waals surface area (Å²) in [7, 11) is 5.72. The Morgan fingerprint density at radius 1 is 0.591 bits per heavy atom. The number of likely N-dealkylation sites (N-methyl/N-ethyl adjacent to an activating group) is 2. The Balaban J connectivity index is 0.000000187. The third kappa shape index (κ3) is 21.0. The van der Waals surface area contributed by atoms with Gasteiger partial charge in [-0.25, -0.2) is 58.3 Å². The Morgan fingerprint density at radius 2 is 1.02 bits per heavy atom. The van der Waals surface area contributed by atoms with Crippen LogP contribution in [0.3, 0.4) is 0 Å². The van der Waals surface area contributed by atoms with Crippen LogP contribution in [0.5, 0.6) is 11.5 Å². The second-order valence-corrected chi connectivity index (χ2v) is 19.8. The highest BCUT2D eigenvalue weighted by Gasteiger charge is 2.37. The van der Waals surface area contributed by atoms with Gasteiger partial charge in [-0.3, -0.25) is 29.3 Å². The minimum absolute atomic E-state index is 0. The first-order valence-electron chi connectivity index (χ1n) is 27.6. The number of aromatic amines is 1. The summed E-state index contributed by atoms with van der Waals surface area (Å²) in [5, 5.41) is 39.6. The minimum atomic E-state index is -1.34. The summed E-state index contributed by atoms with van der Waals surface area (Å²) < 4.78 is 24.5. The van der Waals surface area contributed by atoms with Gasteiger partial charge in [0, 0.05) is 31.8 Å². The Kier molecular flexibility index (Phi) is 27.4. The van der Waals surface area contributed by atoms with E-state index in [9.17, 15) is 33.9 Å². The Hall–Kier alpha value is -11.2. The number of alkyl halides is 1. The summed E-state index contributed by atoms with van der Waals surface area (Å²) in [4.78, 5) is 95.3. The number of carboxylic acids is 1. The van der Waals surface area contributed by atoms with Crippen LogP contribution in [0, 0.1) is 0 Å². The molecule has 4 aromatic carbocycles. The number of carbonyl (C=O) groups is 6. The zero-order valence-electron chi connectivity index (χ0n) is 50.5. The van der Waals surface area contributed by atoms with Gasteiger partial charge in [0.2, 0.25) is 17.9 Å². The van der Waals surface area contributed by atoms with Gasteiger partial charge in [0.1, 0.15) is 43.5 Å². The van der Waals surface area contributed by atoms with Gasteiger partial charge in [-0.1, -0.05) is 137 Å². The Morgan fingerprint density at radius 3 is 1.45 bits per heavy atom. The van der Waals surface area contributed by atoms with Gasteiger partial charge in [0.25, 0.3) is 29.4 Å². The summed E-state index contributed by atoms with van der Waals surface area (Å²) in [6.45, 7) is 3.33. The fourth-order valence-electron chi connectivity index (χ4n) is 8.05. The van der Waals surface area contributed by atoms with E-state index >= 15 is 0 Å². The molecule has 0 bridgehead atoms. The molecule has 3 amide bonds. The number of rotatable bonds is 12. The summed E-state index contributed by atoms with van der Waals surface area (Å²) in [6.07, 6.45) is 6.84. The number of amides is 3. The topological polar surface area (TPSA) is 384 Å². The van der Waals surface area contributed by atoms with E-state index in [2.05, 4.69) is 98.3 Å². The lowest BCUT2D eigenvalue weighted by Crippen LogP contribution is -2.53. The lowest BCUT2D eigenvalue weighted by molar-refractivity contribution is -0.126. The van der Waals surface area contributed by atoms with Crippen molar-refractivity contribution in [3.8, 4) is 11.5 Å². The number of nitrogens with zero attached hydrogens (tertiary/aromatic N) is 15. The van der Waals surface area contributed by atoms with Gasteiger partial charge in [0.05, 0.1) is 33.9 Å². The average Bonchev–Trinajstić information content (AvgIpc) is 1.75. The third-order valence-electron chi connectivity index (χ3n) is 12.7. The number of esters is 2. The number of aliphatic hydroxyl groups excluding tert-OH is 1. The predicted octanol–water partition coefficient (Wildman–Crippen LogP) is 5.08. The number of pyridine rings is 2. The van der Waals surface area contributed by atoms with Crippen LogP contribution in [0.15, 0.2) is 183 Å². The van der Waals surface area contributed by atoms with Gasteiger partial charge in [-0.05, 0) is 53.4 Å². The number of anilines is 2. The lowest BCUT2D eigenvalue weighted by Gasteiger charge is -2.22. The zero-order chi connectivity index (χ0) is 65.9. The number of methoxy groups -OCH3 is 2. The lowest BCUT2D eigenvalue weighted by atomic mass is 10.1. The molecule has 0 fully saturated rings. The van der Waals surface area contributed by atoms with Crippen molar-refractivity contribution in [2.45, 2.75) is 56.4 Å². The van der Waals surface area contributed by atoms with Gasteiger partial charge in [-0.15, -0.1) is 27.7 Å². The van der Waals surface area contributed by atoms with Gasteiger partial charge >= 0.3 is 17.9 Å². The number of fused-ring (bicyclic) bond motifs is 2. The van der Waals surface area contributed by atoms with Gasteiger partial charge in [0.15, 0.2) is 23.1 Å². The first-order valence-corrected chi connectivity index (χ1v) is 28.8. The number of aromatic nitrogens is 14. The Labute approximate surface area is 546 Å². The van der Waals surface area contributed by atoms with Crippen molar-refractivity contribution >= 4 is 75.6 Å². The fraction of sp³-hybridized carbons (Fsp3) is 0.213. The van der Waals surface area contributed by atoms with Crippen LogP contribution in [0.4, 0.5) is 11.6 Å². The molecule has 0 saturated heterocycles. The number of nitrogens with one attached hydrogen (secondary N) is 2. The number of benzene rings is 4. The van der Waals surface area contributed by atoms with Crippen LogP contribution >= 0.6 is 28.3 Å². The van der Waals surface area contributed by atoms with E-state index in [4.69, 9.17) is 20.3 Å². The molecule has 12 rings (SSSR count). The van der Waals surface area contributed by atoms with Crippen molar-refractivity contribution < 1.29 is 57.9 Å². The number of carboxylic acid groups (broad SMARTS) is 1. The first-order chi connectivity index (χ1) is 44.5. The Bertz CT molecular complexity index is 3970. The molecule has 8 heterocycles. The number of hydrogen-bond donors (Lipinski definition) is 5. The molecule has 0 spiro atoms. The summed E-state index contributed by atoms with van der Waals surface area (Å²) in [5.74, 6) is -1.83. The monoisotopic (exact) mass is 1350 g/mol. The van der Waals surface area contributed by atoms with Crippen molar-refractivity contribution in [2.24, 2.45) is 5.73 Å². The molecule has 2 aliphatic rings. The van der Waals surface area contributed by atoms with E-state index in [1.807, 2.05) is 109 Å². The highest BCUT2D eigenvalue weighted by molar-refractivity contribution is 9.08. The molecule has 2 aliphatic heterocycles. The number of nitrogens with two attached hydrogens (primary N) is 1. The van der Waals surface area contributed by atoms with Crippen molar-refractivity contribution in [1.29, 1.82) is 0 Å².